The predicted octanol–water partition coefficient (Wildman–Crippen LogP) is 8.85. The van der Waals surface area contributed by atoms with Crippen LogP contribution in [-0.2, 0) is 9.53 Å². The van der Waals surface area contributed by atoms with E-state index in [-0.39, 0.29) is 5.97 Å². The van der Waals surface area contributed by atoms with Crippen molar-refractivity contribution >= 4 is 5.97 Å². The number of ether oxygens (including phenoxy) is 1. The van der Waals surface area contributed by atoms with E-state index in [0.29, 0.717) is 6.42 Å². The molecule has 168 valence electrons. The lowest BCUT2D eigenvalue weighted by Crippen LogP contribution is -2.30. The van der Waals surface area contributed by atoms with Gasteiger partial charge >= 0.3 is 5.97 Å². The molecule has 0 fully saturated rings. The Hall–Kier alpha value is -1.05. The van der Waals surface area contributed by atoms with Crippen molar-refractivity contribution in [3.63, 3.8) is 0 Å². The molecule has 1 aliphatic rings. The molecule has 0 aromatic heterocycles. The lowest BCUT2D eigenvalue weighted by atomic mass is 9.92. The summed E-state index contributed by atoms with van der Waals surface area (Å²) in [5.41, 5.74) is 0.829. The van der Waals surface area contributed by atoms with Crippen LogP contribution in [0.25, 0.3) is 0 Å². The summed E-state index contributed by atoms with van der Waals surface area (Å²) in [5.74, 6) is -0.0442. The summed E-state index contributed by atoms with van der Waals surface area (Å²) in [4.78, 5) is 12.1. The molecule has 1 rings (SSSR count). The van der Waals surface area contributed by atoms with Gasteiger partial charge in [-0.15, -0.1) is 0 Å². The van der Waals surface area contributed by atoms with Crippen molar-refractivity contribution in [1.29, 1.82) is 0 Å². The van der Waals surface area contributed by atoms with Crippen LogP contribution in [0, 0.1) is 0 Å². The van der Waals surface area contributed by atoms with Gasteiger partial charge in [0, 0.05) is 12.8 Å². The summed E-state index contributed by atoms with van der Waals surface area (Å²) >= 11 is 0. The SMILES string of the molecule is CCCCCCCCCCCCCCCCCCC(=O)OC1(C)C=CC=C(C)C1. The van der Waals surface area contributed by atoms with Crippen LogP contribution in [0.1, 0.15) is 136 Å². The van der Waals surface area contributed by atoms with Gasteiger partial charge < -0.3 is 4.74 Å². The van der Waals surface area contributed by atoms with Crippen LogP contribution < -0.4 is 0 Å². The van der Waals surface area contributed by atoms with Gasteiger partial charge in [0.05, 0.1) is 0 Å². The van der Waals surface area contributed by atoms with E-state index in [0.717, 1.165) is 19.3 Å². The maximum absolute atomic E-state index is 12.1. The number of allylic oxidation sites excluding steroid dienone is 2. The fourth-order valence-corrected chi connectivity index (χ4v) is 4.29. The third-order valence-electron chi connectivity index (χ3n) is 6.04. The Morgan fingerprint density at radius 1 is 0.828 bits per heavy atom. The smallest absolute Gasteiger partial charge is 0.306 e. The number of hydrogen-bond acceptors (Lipinski definition) is 2. The number of carbonyl (C=O) groups excluding carboxylic acids is 1. The van der Waals surface area contributed by atoms with Crippen molar-refractivity contribution in [2.24, 2.45) is 0 Å². The van der Waals surface area contributed by atoms with Gasteiger partial charge in [-0.1, -0.05) is 121 Å². The summed E-state index contributed by atoms with van der Waals surface area (Å²) in [7, 11) is 0. The fourth-order valence-electron chi connectivity index (χ4n) is 4.29. The Bertz CT molecular complexity index is 477. The Kier molecular flexibility index (Phi) is 15.0. The number of carbonyl (C=O) groups is 1. The summed E-state index contributed by atoms with van der Waals surface area (Å²) in [5, 5.41) is 0. The van der Waals surface area contributed by atoms with Crippen LogP contribution in [0.2, 0.25) is 0 Å². The van der Waals surface area contributed by atoms with Gasteiger partial charge in [0.15, 0.2) is 0 Å². The fraction of sp³-hybridized carbons (Fsp3) is 0.815. The molecule has 0 saturated heterocycles. The molecule has 0 bridgehead atoms. The van der Waals surface area contributed by atoms with Crippen LogP contribution in [0.4, 0.5) is 0 Å². The zero-order chi connectivity index (χ0) is 21.2. The Morgan fingerprint density at radius 2 is 1.28 bits per heavy atom. The van der Waals surface area contributed by atoms with Gasteiger partial charge in [-0.3, -0.25) is 4.79 Å². The van der Waals surface area contributed by atoms with E-state index in [1.54, 1.807) is 0 Å². The third kappa shape index (κ3) is 14.6. The number of rotatable bonds is 18. The van der Waals surface area contributed by atoms with Crippen LogP contribution in [-0.4, -0.2) is 11.6 Å². The maximum Gasteiger partial charge on any atom is 0.306 e. The molecule has 0 heterocycles. The molecule has 2 heteroatoms. The van der Waals surface area contributed by atoms with Crippen LogP contribution in [0.3, 0.4) is 0 Å². The van der Waals surface area contributed by atoms with Gasteiger partial charge in [0.1, 0.15) is 5.60 Å². The topological polar surface area (TPSA) is 26.3 Å². The highest BCUT2D eigenvalue weighted by Crippen LogP contribution is 2.27. The van der Waals surface area contributed by atoms with Gasteiger partial charge in [0.2, 0.25) is 0 Å². The van der Waals surface area contributed by atoms with Crippen molar-refractivity contribution in [2.45, 2.75) is 142 Å². The number of hydrogen-bond donors (Lipinski definition) is 0. The first-order chi connectivity index (χ1) is 14.1. The molecule has 0 N–H and O–H groups in total. The van der Waals surface area contributed by atoms with E-state index in [2.05, 4.69) is 19.9 Å². The maximum atomic E-state index is 12.1. The van der Waals surface area contributed by atoms with E-state index in [4.69, 9.17) is 4.74 Å². The predicted molar refractivity (Wildman–Crippen MR) is 126 cm³/mol. The molecular formula is C27H48O2. The second kappa shape index (κ2) is 16.7. The molecule has 1 atom stereocenters. The van der Waals surface area contributed by atoms with Gasteiger partial charge in [-0.05, 0) is 26.3 Å². The zero-order valence-electron chi connectivity index (χ0n) is 19.8. The zero-order valence-corrected chi connectivity index (χ0v) is 19.8. The first kappa shape index (κ1) is 26.0. The van der Waals surface area contributed by atoms with Crippen molar-refractivity contribution in [3.05, 3.63) is 23.8 Å². The van der Waals surface area contributed by atoms with Gasteiger partial charge in [0.25, 0.3) is 0 Å². The highest BCUT2D eigenvalue weighted by molar-refractivity contribution is 5.70. The summed E-state index contributed by atoms with van der Waals surface area (Å²) in [6.07, 6.45) is 29.1. The van der Waals surface area contributed by atoms with E-state index >= 15 is 0 Å². The van der Waals surface area contributed by atoms with E-state index < -0.39 is 5.60 Å². The van der Waals surface area contributed by atoms with Crippen molar-refractivity contribution in [3.8, 4) is 0 Å². The van der Waals surface area contributed by atoms with Crippen molar-refractivity contribution in [2.75, 3.05) is 0 Å². The van der Waals surface area contributed by atoms with Crippen LogP contribution in [0.15, 0.2) is 23.8 Å². The Labute approximate surface area is 181 Å². The van der Waals surface area contributed by atoms with E-state index in [1.807, 2.05) is 19.1 Å². The van der Waals surface area contributed by atoms with Crippen LogP contribution in [0.5, 0.6) is 0 Å². The molecule has 1 unspecified atom stereocenters. The lowest BCUT2D eigenvalue weighted by molar-refractivity contribution is -0.153. The summed E-state index contributed by atoms with van der Waals surface area (Å²) in [6, 6.07) is 0. The first-order valence-electron chi connectivity index (χ1n) is 12.6. The second-order valence-corrected chi connectivity index (χ2v) is 9.39. The summed E-state index contributed by atoms with van der Waals surface area (Å²) in [6.45, 7) is 6.38. The summed E-state index contributed by atoms with van der Waals surface area (Å²) < 4.78 is 5.71. The molecular weight excluding hydrogens is 356 g/mol. The molecule has 0 aromatic rings. The van der Waals surface area contributed by atoms with Crippen LogP contribution >= 0.6 is 0 Å². The standard InChI is InChI=1S/C27H48O2/c1-4-5-6-7-8-9-10-11-12-13-14-15-16-17-18-19-22-26(28)29-27(3)23-20-21-25(2)24-27/h20-21,23H,4-19,22,24H2,1-3H3. The van der Waals surface area contributed by atoms with E-state index in [1.165, 1.54) is 95.5 Å². The van der Waals surface area contributed by atoms with E-state index in [9.17, 15) is 4.79 Å². The quantitative estimate of drug-likeness (QED) is 0.168. The largest absolute Gasteiger partial charge is 0.455 e. The molecule has 0 aromatic carbocycles. The molecule has 0 aliphatic heterocycles. The molecule has 2 nitrogen and oxygen atoms in total. The average Bonchev–Trinajstić information content (AvgIpc) is 2.67. The second-order valence-electron chi connectivity index (χ2n) is 9.39. The Morgan fingerprint density at radius 3 is 1.72 bits per heavy atom. The van der Waals surface area contributed by atoms with Crippen molar-refractivity contribution in [1.82, 2.24) is 0 Å². The minimum Gasteiger partial charge on any atom is -0.455 e. The monoisotopic (exact) mass is 404 g/mol. The van der Waals surface area contributed by atoms with Crippen molar-refractivity contribution < 1.29 is 9.53 Å². The molecule has 0 spiro atoms. The first-order valence-corrected chi connectivity index (χ1v) is 12.6. The molecule has 0 radical (unpaired) electrons. The third-order valence-corrected chi connectivity index (χ3v) is 6.04. The number of esters is 1. The highest BCUT2D eigenvalue weighted by Gasteiger charge is 2.27. The van der Waals surface area contributed by atoms with Gasteiger partial charge in [-0.2, -0.15) is 0 Å². The molecule has 0 amide bonds. The molecule has 1 aliphatic carbocycles. The normalized spacial score (nSPS) is 18.7. The lowest BCUT2D eigenvalue weighted by Gasteiger charge is -2.28. The average molecular weight is 405 g/mol. The minimum atomic E-state index is -0.440. The minimum absolute atomic E-state index is 0.0442. The Balaban J connectivity index is 1.83. The number of unbranched alkanes of at least 4 members (excludes halogenated alkanes) is 15. The highest BCUT2D eigenvalue weighted by atomic mass is 16.6. The van der Waals surface area contributed by atoms with Gasteiger partial charge in [-0.25, -0.2) is 0 Å². The molecule has 29 heavy (non-hydrogen) atoms. The molecule has 0 saturated carbocycles.